The van der Waals surface area contributed by atoms with Gasteiger partial charge in [-0.3, -0.25) is 5.41 Å². The summed E-state index contributed by atoms with van der Waals surface area (Å²) < 4.78 is 5.63. The zero-order chi connectivity index (χ0) is 14.5. The van der Waals surface area contributed by atoms with Gasteiger partial charge in [-0.1, -0.05) is 18.5 Å². The smallest absolute Gasteiger partial charge is 0.135 e. The summed E-state index contributed by atoms with van der Waals surface area (Å²) in [4.78, 5) is 5.26. The molecule has 0 spiro atoms. The van der Waals surface area contributed by atoms with Gasteiger partial charge in [0.25, 0.3) is 0 Å². The van der Waals surface area contributed by atoms with E-state index in [4.69, 9.17) is 27.5 Å². The van der Waals surface area contributed by atoms with E-state index in [0.717, 1.165) is 27.7 Å². The monoisotopic (exact) mass is 309 g/mol. The van der Waals surface area contributed by atoms with Crippen molar-refractivity contribution >= 4 is 28.8 Å². The van der Waals surface area contributed by atoms with Gasteiger partial charge >= 0.3 is 0 Å². The minimum absolute atomic E-state index is 0.0872. The highest BCUT2D eigenvalue weighted by molar-refractivity contribution is 7.13. The number of amidine groups is 1. The quantitative estimate of drug-likeness (QED) is 0.635. The fourth-order valence-electron chi connectivity index (χ4n) is 1.74. The van der Waals surface area contributed by atoms with Crippen LogP contribution < -0.4 is 10.5 Å². The predicted molar refractivity (Wildman–Crippen MR) is 83.2 cm³/mol. The standard InChI is InChI=1S/C14H16ClN3OS/c1-2-11-13(14(16)17)20-12(18-11)7-8-19-10-5-3-9(15)4-6-10/h3-6H,2,7-8H2,1H3,(H3,16,17). The van der Waals surface area contributed by atoms with Crippen molar-refractivity contribution in [1.29, 1.82) is 5.41 Å². The van der Waals surface area contributed by atoms with Crippen molar-refractivity contribution in [2.75, 3.05) is 6.61 Å². The van der Waals surface area contributed by atoms with E-state index >= 15 is 0 Å². The zero-order valence-electron chi connectivity index (χ0n) is 11.1. The molecule has 0 fully saturated rings. The number of hydrogen-bond donors (Lipinski definition) is 2. The van der Waals surface area contributed by atoms with Gasteiger partial charge in [-0.05, 0) is 30.7 Å². The molecule has 106 valence electrons. The first-order valence-corrected chi connectivity index (χ1v) is 7.51. The molecule has 3 N–H and O–H groups in total. The third-order valence-electron chi connectivity index (χ3n) is 2.72. The average Bonchev–Trinajstić information content (AvgIpc) is 2.84. The first-order valence-electron chi connectivity index (χ1n) is 6.31. The van der Waals surface area contributed by atoms with Gasteiger partial charge in [-0.2, -0.15) is 0 Å². The van der Waals surface area contributed by atoms with E-state index in [0.29, 0.717) is 18.1 Å². The molecule has 0 saturated heterocycles. The molecule has 1 aromatic heterocycles. The Labute approximate surface area is 127 Å². The Balaban J connectivity index is 1.94. The predicted octanol–water partition coefficient (Wildman–Crippen LogP) is 3.26. The maximum absolute atomic E-state index is 7.53. The Kier molecular flexibility index (Phi) is 4.98. The lowest BCUT2D eigenvalue weighted by molar-refractivity contribution is 0.321. The number of nitrogens with one attached hydrogen (secondary N) is 1. The normalized spacial score (nSPS) is 10.5. The van der Waals surface area contributed by atoms with Crippen LogP contribution >= 0.6 is 22.9 Å². The minimum atomic E-state index is 0.0872. The first-order chi connectivity index (χ1) is 9.60. The van der Waals surface area contributed by atoms with Crippen LogP contribution in [0, 0.1) is 5.41 Å². The number of aromatic nitrogens is 1. The summed E-state index contributed by atoms with van der Waals surface area (Å²) in [6.07, 6.45) is 1.48. The molecule has 0 unspecified atom stereocenters. The van der Waals surface area contributed by atoms with Gasteiger partial charge in [0.2, 0.25) is 0 Å². The average molecular weight is 310 g/mol. The highest BCUT2D eigenvalue weighted by atomic mass is 35.5. The van der Waals surface area contributed by atoms with Gasteiger partial charge in [0.05, 0.1) is 22.2 Å². The van der Waals surface area contributed by atoms with Gasteiger partial charge < -0.3 is 10.5 Å². The third-order valence-corrected chi connectivity index (χ3v) is 4.16. The summed E-state index contributed by atoms with van der Waals surface area (Å²) >= 11 is 7.28. The van der Waals surface area contributed by atoms with Gasteiger partial charge in [0.1, 0.15) is 11.6 Å². The molecule has 0 aliphatic rings. The number of rotatable bonds is 6. The lowest BCUT2D eigenvalue weighted by atomic mass is 10.3. The molecule has 0 bridgehead atoms. The second kappa shape index (κ2) is 6.72. The lowest BCUT2D eigenvalue weighted by Gasteiger charge is -2.04. The van der Waals surface area contributed by atoms with Crippen molar-refractivity contribution in [3.8, 4) is 5.75 Å². The largest absolute Gasteiger partial charge is 0.493 e. The Morgan fingerprint density at radius 2 is 2.10 bits per heavy atom. The van der Waals surface area contributed by atoms with E-state index in [2.05, 4.69) is 4.98 Å². The van der Waals surface area contributed by atoms with E-state index in [-0.39, 0.29) is 5.84 Å². The Morgan fingerprint density at radius 3 is 2.65 bits per heavy atom. The molecule has 0 saturated carbocycles. The minimum Gasteiger partial charge on any atom is -0.493 e. The van der Waals surface area contributed by atoms with Crippen LogP contribution in [0.1, 0.15) is 22.5 Å². The molecule has 1 heterocycles. The molecule has 20 heavy (non-hydrogen) atoms. The summed E-state index contributed by atoms with van der Waals surface area (Å²) in [6, 6.07) is 7.26. The summed E-state index contributed by atoms with van der Waals surface area (Å²) in [5, 5.41) is 9.17. The van der Waals surface area contributed by atoms with E-state index in [9.17, 15) is 0 Å². The van der Waals surface area contributed by atoms with Crippen molar-refractivity contribution in [2.24, 2.45) is 5.73 Å². The molecule has 0 radical (unpaired) electrons. The maximum Gasteiger partial charge on any atom is 0.135 e. The van der Waals surface area contributed by atoms with Crippen molar-refractivity contribution in [1.82, 2.24) is 4.98 Å². The number of thiazole rings is 1. The molecule has 6 heteroatoms. The number of aryl methyl sites for hydroxylation is 1. The van der Waals surface area contributed by atoms with Crippen LogP contribution in [0.15, 0.2) is 24.3 Å². The van der Waals surface area contributed by atoms with Crippen molar-refractivity contribution < 1.29 is 4.74 Å². The van der Waals surface area contributed by atoms with Gasteiger partial charge in [0, 0.05) is 11.4 Å². The van der Waals surface area contributed by atoms with Crippen molar-refractivity contribution in [3.63, 3.8) is 0 Å². The molecule has 0 amide bonds. The molecular weight excluding hydrogens is 294 g/mol. The molecule has 2 rings (SSSR count). The highest BCUT2D eigenvalue weighted by Gasteiger charge is 2.11. The first kappa shape index (κ1) is 14.8. The van der Waals surface area contributed by atoms with Crippen LogP contribution in [0.5, 0.6) is 5.75 Å². The van der Waals surface area contributed by atoms with E-state index < -0.39 is 0 Å². The maximum atomic E-state index is 7.53. The summed E-state index contributed by atoms with van der Waals surface area (Å²) in [5.74, 6) is 0.873. The topological polar surface area (TPSA) is 72.0 Å². The van der Waals surface area contributed by atoms with Crippen molar-refractivity contribution in [2.45, 2.75) is 19.8 Å². The summed E-state index contributed by atoms with van der Waals surface area (Å²) in [5.41, 5.74) is 6.44. The van der Waals surface area contributed by atoms with Crippen LogP contribution in [0.3, 0.4) is 0 Å². The number of benzene rings is 1. The van der Waals surface area contributed by atoms with Crippen LogP contribution in [0.2, 0.25) is 5.02 Å². The number of halogens is 1. The van der Waals surface area contributed by atoms with Crippen molar-refractivity contribution in [3.05, 3.63) is 44.9 Å². The molecule has 0 atom stereocenters. The molecule has 2 aromatic rings. The van der Waals surface area contributed by atoms with E-state index in [1.807, 2.05) is 19.1 Å². The molecule has 0 aliphatic carbocycles. The Hall–Kier alpha value is -1.59. The van der Waals surface area contributed by atoms with Gasteiger partial charge in [-0.15, -0.1) is 11.3 Å². The van der Waals surface area contributed by atoms with Gasteiger partial charge in [0.15, 0.2) is 0 Å². The van der Waals surface area contributed by atoms with Crippen LogP contribution in [0.4, 0.5) is 0 Å². The van der Waals surface area contributed by atoms with Crippen LogP contribution in [0.25, 0.3) is 0 Å². The number of nitrogen functional groups attached to an aromatic ring is 1. The van der Waals surface area contributed by atoms with E-state index in [1.54, 1.807) is 12.1 Å². The van der Waals surface area contributed by atoms with Crippen LogP contribution in [-0.4, -0.2) is 17.4 Å². The summed E-state index contributed by atoms with van der Waals surface area (Å²) in [6.45, 7) is 2.55. The van der Waals surface area contributed by atoms with E-state index in [1.165, 1.54) is 11.3 Å². The number of nitrogens with zero attached hydrogens (tertiary/aromatic N) is 1. The fourth-order valence-corrected chi connectivity index (χ4v) is 2.87. The zero-order valence-corrected chi connectivity index (χ0v) is 12.7. The molecule has 1 aromatic carbocycles. The highest BCUT2D eigenvalue weighted by Crippen LogP contribution is 2.20. The second-order valence-electron chi connectivity index (χ2n) is 4.20. The molecule has 0 aliphatic heterocycles. The fraction of sp³-hybridized carbons (Fsp3) is 0.286. The number of ether oxygens (including phenoxy) is 1. The SMILES string of the molecule is CCc1nc(CCOc2ccc(Cl)cc2)sc1C(=N)N. The second-order valence-corrected chi connectivity index (χ2v) is 5.72. The lowest BCUT2D eigenvalue weighted by Crippen LogP contribution is -2.11. The molecular formula is C14H16ClN3OS. The Bertz CT molecular complexity index is 595. The van der Waals surface area contributed by atoms with Crippen LogP contribution in [-0.2, 0) is 12.8 Å². The number of hydrogen-bond acceptors (Lipinski definition) is 4. The van der Waals surface area contributed by atoms with Gasteiger partial charge in [-0.25, -0.2) is 4.98 Å². The summed E-state index contributed by atoms with van der Waals surface area (Å²) in [7, 11) is 0. The number of nitrogens with two attached hydrogens (primary N) is 1. The third kappa shape index (κ3) is 3.71. The molecule has 4 nitrogen and oxygen atoms in total. The Morgan fingerprint density at radius 1 is 1.40 bits per heavy atom.